The minimum atomic E-state index is -0.539. The number of fused-ring (bicyclic) bond motifs is 1. The summed E-state index contributed by atoms with van der Waals surface area (Å²) in [4.78, 5) is 50.4. The molecule has 1 saturated carbocycles. The molecule has 3 aliphatic heterocycles. The molecule has 8 heteroatoms. The Morgan fingerprint density at radius 2 is 2.00 bits per heavy atom. The van der Waals surface area contributed by atoms with Crippen molar-refractivity contribution < 1.29 is 23.9 Å². The minimum Gasteiger partial charge on any atom is -0.368 e. The van der Waals surface area contributed by atoms with Crippen LogP contribution < -0.4 is 10.6 Å². The van der Waals surface area contributed by atoms with E-state index in [4.69, 9.17) is 4.74 Å². The molecule has 0 radical (unpaired) electrons. The Balaban J connectivity index is 1.39. The van der Waals surface area contributed by atoms with Crippen LogP contribution in [0.2, 0.25) is 0 Å². The number of hydrogen-bond acceptors (Lipinski definition) is 5. The largest absolute Gasteiger partial charge is 0.368 e. The molecule has 3 heterocycles. The normalized spacial score (nSPS) is 36.5. The summed E-state index contributed by atoms with van der Waals surface area (Å²) in [6.45, 7) is 1.73. The molecule has 8 nitrogen and oxygen atoms in total. The predicted octanol–water partition coefficient (Wildman–Crippen LogP) is -0.0385. The Morgan fingerprint density at radius 1 is 1.15 bits per heavy atom. The van der Waals surface area contributed by atoms with Gasteiger partial charge in [-0.05, 0) is 43.9 Å². The van der Waals surface area contributed by atoms with Gasteiger partial charge in [-0.2, -0.15) is 0 Å². The molecule has 3 saturated heterocycles. The van der Waals surface area contributed by atoms with Crippen LogP contribution in [-0.2, 0) is 23.9 Å². The molecule has 4 rings (SSSR count). The SMILES string of the molecule is O=C1CCC(N2CC3C(CNC(=O)C4CCCO4)CCCC3C2=O)C(=O)N1. The van der Waals surface area contributed by atoms with Gasteiger partial charge in [-0.3, -0.25) is 24.5 Å². The Kier molecular flexibility index (Phi) is 5.16. The Labute approximate surface area is 158 Å². The van der Waals surface area contributed by atoms with E-state index in [-0.39, 0.29) is 53.9 Å². The second-order valence-electron chi connectivity index (χ2n) is 8.17. The molecule has 0 bridgehead atoms. The van der Waals surface area contributed by atoms with Gasteiger partial charge in [-0.25, -0.2) is 0 Å². The number of nitrogens with one attached hydrogen (secondary N) is 2. The summed E-state index contributed by atoms with van der Waals surface area (Å²) < 4.78 is 5.43. The maximum Gasteiger partial charge on any atom is 0.249 e. The fourth-order valence-corrected chi connectivity index (χ4v) is 5.11. The highest BCUT2D eigenvalue weighted by Crippen LogP contribution is 2.42. The van der Waals surface area contributed by atoms with Crippen LogP contribution in [0, 0.1) is 17.8 Å². The third-order valence-electron chi connectivity index (χ3n) is 6.57. The van der Waals surface area contributed by atoms with Crippen LogP contribution in [0.25, 0.3) is 0 Å². The van der Waals surface area contributed by atoms with Crippen molar-refractivity contribution in [3.8, 4) is 0 Å². The molecule has 5 unspecified atom stereocenters. The van der Waals surface area contributed by atoms with Gasteiger partial charge in [0.15, 0.2) is 0 Å². The van der Waals surface area contributed by atoms with Gasteiger partial charge in [0.05, 0.1) is 0 Å². The lowest BCUT2D eigenvalue weighted by Gasteiger charge is -2.32. The molecule has 1 aliphatic carbocycles. The van der Waals surface area contributed by atoms with Gasteiger partial charge >= 0.3 is 0 Å². The summed E-state index contributed by atoms with van der Waals surface area (Å²) in [5.74, 6) is -0.339. The molecule has 148 valence electrons. The van der Waals surface area contributed by atoms with Crippen molar-refractivity contribution in [2.45, 2.75) is 57.1 Å². The number of piperidine rings is 1. The maximum atomic E-state index is 12.9. The molecule has 27 heavy (non-hydrogen) atoms. The molecule has 0 aromatic carbocycles. The van der Waals surface area contributed by atoms with Gasteiger partial charge in [-0.1, -0.05) is 6.42 Å². The van der Waals surface area contributed by atoms with E-state index >= 15 is 0 Å². The van der Waals surface area contributed by atoms with Gasteiger partial charge in [0.2, 0.25) is 23.6 Å². The van der Waals surface area contributed by atoms with Crippen LogP contribution in [0.3, 0.4) is 0 Å². The minimum absolute atomic E-state index is 0.0321. The fraction of sp³-hybridized carbons (Fsp3) is 0.789. The zero-order chi connectivity index (χ0) is 19.0. The number of amides is 4. The van der Waals surface area contributed by atoms with Gasteiger partial charge in [0.25, 0.3) is 0 Å². The lowest BCUT2D eigenvalue weighted by molar-refractivity contribution is -0.144. The van der Waals surface area contributed by atoms with Crippen LogP contribution >= 0.6 is 0 Å². The fourth-order valence-electron chi connectivity index (χ4n) is 5.11. The highest BCUT2D eigenvalue weighted by molar-refractivity contribution is 6.02. The Morgan fingerprint density at radius 3 is 2.74 bits per heavy atom. The van der Waals surface area contributed by atoms with Gasteiger partial charge in [-0.15, -0.1) is 0 Å². The molecule has 2 N–H and O–H groups in total. The van der Waals surface area contributed by atoms with Crippen molar-refractivity contribution in [1.29, 1.82) is 0 Å². The van der Waals surface area contributed by atoms with Crippen LogP contribution in [0.1, 0.15) is 44.9 Å². The average molecular weight is 377 g/mol. The van der Waals surface area contributed by atoms with E-state index in [0.717, 1.165) is 32.1 Å². The number of rotatable bonds is 4. The summed E-state index contributed by atoms with van der Waals surface area (Å²) in [6.07, 6.45) is 4.79. The third kappa shape index (κ3) is 3.59. The van der Waals surface area contributed by atoms with Crippen LogP contribution in [0.4, 0.5) is 0 Å². The number of hydrogen-bond donors (Lipinski definition) is 2. The van der Waals surface area contributed by atoms with E-state index in [9.17, 15) is 19.2 Å². The van der Waals surface area contributed by atoms with Crippen molar-refractivity contribution in [3.63, 3.8) is 0 Å². The molecule has 4 amide bonds. The second-order valence-corrected chi connectivity index (χ2v) is 8.17. The van der Waals surface area contributed by atoms with Crippen LogP contribution in [-0.4, -0.2) is 60.4 Å². The van der Waals surface area contributed by atoms with Gasteiger partial charge in [0, 0.05) is 32.0 Å². The topological polar surface area (TPSA) is 105 Å². The lowest BCUT2D eigenvalue weighted by atomic mass is 9.73. The quantitative estimate of drug-likeness (QED) is 0.669. The zero-order valence-electron chi connectivity index (χ0n) is 15.4. The second kappa shape index (κ2) is 7.58. The Hall–Kier alpha value is -1.96. The first-order valence-electron chi connectivity index (χ1n) is 10.1. The third-order valence-corrected chi connectivity index (χ3v) is 6.57. The predicted molar refractivity (Wildman–Crippen MR) is 94.2 cm³/mol. The summed E-state index contributed by atoms with van der Waals surface area (Å²) in [7, 11) is 0. The van der Waals surface area contributed by atoms with Crippen LogP contribution in [0.5, 0.6) is 0 Å². The first kappa shape index (κ1) is 18.4. The standard InChI is InChI=1S/C19H27N3O5/c23-16-7-6-14(17(24)21-16)22-10-13-11(3-1-4-12(13)19(22)26)9-20-18(25)15-5-2-8-27-15/h11-15H,1-10H2,(H,20,25)(H,21,23,24). The molecule has 0 aromatic heterocycles. The number of ether oxygens (including phenoxy) is 1. The average Bonchev–Trinajstić information content (AvgIpc) is 3.29. The summed E-state index contributed by atoms with van der Waals surface area (Å²) in [5, 5.41) is 5.36. The van der Waals surface area contributed by atoms with Gasteiger partial charge < -0.3 is 15.0 Å². The molecule has 0 spiro atoms. The number of nitrogens with zero attached hydrogens (tertiary/aromatic N) is 1. The molecule has 4 aliphatic rings. The number of carbonyl (C=O) groups excluding carboxylic acids is 4. The van der Waals surface area contributed by atoms with E-state index in [2.05, 4.69) is 10.6 Å². The molecule has 5 atom stereocenters. The number of likely N-dealkylation sites (tertiary alicyclic amines) is 1. The van der Waals surface area contributed by atoms with Gasteiger partial charge in [0.1, 0.15) is 12.1 Å². The monoisotopic (exact) mass is 377 g/mol. The van der Waals surface area contributed by atoms with Crippen molar-refractivity contribution in [3.05, 3.63) is 0 Å². The maximum absolute atomic E-state index is 12.9. The van der Waals surface area contributed by atoms with E-state index < -0.39 is 6.04 Å². The highest BCUT2D eigenvalue weighted by atomic mass is 16.5. The summed E-state index contributed by atoms with van der Waals surface area (Å²) >= 11 is 0. The smallest absolute Gasteiger partial charge is 0.249 e. The number of imide groups is 1. The summed E-state index contributed by atoms with van der Waals surface area (Å²) in [6, 6.07) is -0.539. The van der Waals surface area contributed by atoms with E-state index in [1.807, 2.05) is 0 Å². The Bertz CT molecular complexity index is 645. The van der Waals surface area contributed by atoms with E-state index in [0.29, 0.717) is 26.1 Å². The molecular formula is C19H27N3O5. The van der Waals surface area contributed by atoms with E-state index in [1.54, 1.807) is 4.90 Å². The highest BCUT2D eigenvalue weighted by Gasteiger charge is 2.49. The lowest BCUT2D eigenvalue weighted by Crippen LogP contribution is -2.53. The summed E-state index contributed by atoms with van der Waals surface area (Å²) in [5.41, 5.74) is 0. The first-order valence-corrected chi connectivity index (χ1v) is 10.1. The van der Waals surface area contributed by atoms with Crippen molar-refractivity contribution in [2.24, 2.45) is 17.8 Å². The van der Waals surface area contributed by atoms with Crippen molar-refractivity contribution in [2.75, 3.05) is 19.7 Å². The van der Waals surface area contributed by atoms with Crippen LogP contribution in [0.15, 0.2) is 0 Å². The molecule has 4 fully saturated rings. The van der Waals surface area contributed by atoms with E-state index in [1.165, 1.54) is 0 Å². The zero-order valence-corrected chi connectivity index (χ0v) is 15.4. The van der Waals surface area contributed by atoms with Crippen molar-refractivity contribution >= 4 is 23.6 Å². The molecular weight excluding hydrogens is 350 g/mol. The number of carbonyl (C=O) groups is 4. The van der Waals surface area contributed by atoms with Crippen molar-refractivity contribution in [1.82, 2.24) is 15.5 Å². The molecule has 0 aromatic rings. The first-order chi connectivity index (χ1) is 13.0.